The molecule has 0 spiro atoms. The van der Waals surface area contributed by atoms with Crippen molar-refractivity contribution in [2.24, 2.45) is 11.8 Å². The van der Waals surface area contributed by atoms with Crippen LogP contribution in [0, 0.1) is 11.8 Å². The molecule has 2 nitrogen and oxygen atoms in total. The molecule has 0 bridgehead atoms. The van der Waals surface area contributed by atoms with Gasteiger partial charge in [-0.3, -0.25) is 4.79 Å². The van der Waals surface area contributed by atoms with E-state index in [9.17, 15) is 4.79 Å². The van der Waals surface area contributed by atoms with Crippen molar-refractivity contribution < 1.29 is 4.79 Å². The van der Waals surface area contributed by atoms with Crippen LogP contribution in [0.4, 0.5) is 0 Å². The Morgan fingerprint density at radius 1 is 1.33 bits per heavy atom. The predicted octanol–water partition coefficient (Wildman–Crippen LogP) is 3.43. The van der Waals surface area contributed by atoms with Crippen LogP contribution in [0.1, 0.15) is 45.4 Å². The van der Waals surface area contributed by atoms with Crippen LogP contribution in [0.15, 0.2) is 0 Å². The van der Waals surface area contributed by atoms with E-state index in [1.807, 2.05) is 11.8 Å². The molecule has 0 aromatic rings. The Labute approximate surface area is 120 Å². The molecule has 0 aromatic heterocycles. The Morgan fingerprint density at radius 3 is 2.67 bits per heavy atom. The fourth-order valence-corrected chi connectivity index (χ4v) is 4.76. The monoisotopic (exact) mass is 289 g/mol. The second kappa shape index (κ2) is 6.51. The third-order valence-corrected chi connectivity index (χ3v) is 6.40. The maximum absolute atomic E-state index is 12.2. The van der Waals surface area contributed by atoms with Crippen LogP contribution in [-0.4, -0.2) is 28.8 Å². The number of alkyl halides is 1. The molecule has 0 radical (unpaired) electrons. The molecule has 1 amide bonds. The fourth-order valence-electron chi connectivity index (χ4n) is 3.13. The van der Waals surface area contributed by atoms with Crippen molar-refractivity contribution >= 4 is 29.3 Å². The maximum atomic E-state index is 12.2. The summed E-state index contributed by atoms with van der Waals surface area (Å²) in [7, 11) is 0. The lowest BCUT2D eigenvalue weighted by Crippen LogP contribution is -2.43. The molecule has 0 aromatic carbocycles. The summed E-state index contributed by atoms with van der Waals surface area (Å²) in [6.07, 6.45) is 7.24. The highest BCUT2D eigenvalue weighted by Gasteiger charge is 2.37. The lowest BCUT2D eigenvalue weighted by atomic mass is 9.80. The summed E-state index contributed by atoms with van der Waals surface area (Å²) in [5, 5.41) is 3.18. The van der Waals surface area contributed by atoms with Crippen LogP contribution in [0.3, 0.4) is 0 Å². The van der Waals surface area contributed by atoms with Crippen LogP contribution in [0.5, 0.6) is 0 Å². The molecule has 4 heteroatoms. The van der Waals surface area contributed by atoms with E-state index in [1.54, 1.807) is 0 Å². The minimum Gasteiger partial charge on any atom is -0.355 e. The standard InChI is InChI=1S/C14H24ClNOS/c1-14(7-4-8-18-14)13(17)16-10-12-6-3-2-5-11(12)9-15/h11-12H,2-10H2,1H3,(H,16,17). The molecular weight excluding hydrogens is 266 g/mol. The van der Waals surface area contributed by atoms with Gasteiger partial charge in [0, 0.05) is 12.4 Å². The molecule has 1 saturated heterocycles. The first-order chi connectivity index (χ1) is 8.65. The van der Waals surface area contributed by atoms with Crippen LogP contribution in [0.2, 0.25) is 0 Å². The van der Waals surface area contributed by atoms with Gasteiger partial charge in [-0.05, 0) is 50.2 Å². The zero-order chi connectivity index (χ0) is 13.0. The largest absolute Gasteiger partial charge is 0.355 e. The number of hydrogen-bond acceptors (Lipinski definition) is 2. The SMILES string of the molecule is CC1(C(=O)NCC2CCCCC2CCl)CCCS1. The second-order valence-electron chi connectivity index (χ2n) is 5.85. The van der Waals surface area contributed by atoms with Gasteiger partial charge in [0.25, 0.3) is 0 Å². The molecule has 1 N–H and O–H groups in total. The van der Waals surface area contributed by atoms with Crippen LogP contribution >= 0.6 is 23.4 Å². The second-order valence-corrected chi connectivity index (χ2v) is 7.76. The van der Waals surface area contributed by atoms with E-state index in [4.69, 9.17) is 11.6 Å². The Kier molecular flexibility index (Phi) is 5.25. The van der Waals surface area contributed by atoms with Gasteiger partial charge in [-0.2, -0.15) is 0 Å². The summed E-state index contributed by atoms with van der Waals surface area (Å²) in [5.74, 6) is 3.30. The smallest absolute Gasteiger partial charge is 0.235 e. The van der Waals surface area contributed by atoms with Crippen molar-refractivity contribution in [2.45, 2.75) is 50.2 Å². The third-order valence-electron chi connectivity index (χ3n) is 4.49. The molecule has 3 unspecified atom stereocenters. The number of rotatable bonds is 4. The van der Waals surface area contributed by atoms with E-state index in [-0.39, 0.29) is 10.7 Å². The summed E-state index contributed by atoms with van der Waals surface area (Å²) in [6, 6.07) is 0. The number of nitrogens with one attached hydrogen (secondary N) is 1. The van der Waals surface area contributed by atoms with E-state index in [2.05, 4.69) is 12.2 Å². The Morgan fingerprint density at radius 2 is 2.06 bits per heavy atom. The van der Waals surface area contributed by atoms with Crippen molar-refractivity contribution in [1.29, 1.82) is 0 Å². The van der Waals surface area contributed by atoms with E-state index >= 15 is 0 Å². The van der Waals surface area contributed by atoms with Gasteiger partial charge in [0.15, 0.2) is 0 Å². The van der Waals surface area contributed by atoms with Crippen LogP contribution in [0.25, 0.3) is 0 Å². The fraction of sp³-hybridized carbons (Fsp3) is 0.929. The highest BCUT2D eigenvalue weighted by atomic mass is 35.5. The molecule has 18 heavy (non-hydrogen) atoms. The van der Waals surface area contributed by atoms with Gasteiger partial charge in [0.1, 0.15) is 0 Å². The van der Waals surface area contributed by atoms with Gasteiger partial charge < -0.3 is 5.32 Å². The van der Waals surface area contributed by atoms with Gasteiger partial charge in [-0.25, -0.2) is 0 Å². The minimum absolute atomic E-state index is 0.175. The third kappa shape index (κ3) is 3.36. The lowest BCUT2D eigenvalue weighted by Gasteiger charge is -2.31. The van der Waals surface area contributed by atoms with Crippen LogP contribution < -0.4 is 5.32 Å². The van der Waals surface area contributed by atoms with Crippen molar-refractivity contribution in [3.05, 3.63) is 0 Å². The van der Waals surface area contributed by atoms with Crippen molar-refractivity contribution in [1.82, 2.24) is 5.32 Å². The number of halogens is 1. The number of thioether (sulfide) groups is 1. The first-order valence-corrected chi connectivity index (χ1v) is 8.66. The van der Waals surface area contributed by atoms with Crippen molar-refractivity contribution in [3.8, 4) is 0 Å². The van der Waals surface area contributed by atoms with Crippen LogP contribution in [-0.2, 0) is 4.79 Å². The number of carbonyl (C=O) groups excluding carboxylic acids is 1. The molecule has 3 atom stereocenters. The summed E-state index contributed by atoms with van der Waals surface area (Å²) < 4.78 is -0.175. The molecule has 1 saturated carbocycles. The van der Waals surface area contributed by atoms with E-state index in [0.717, 1.165) is 24.6 Å². The molecular formula is C14H24ClNOS. The van der Waals surface area contributed by atoms with Gasteiger partial charge >= 0.3 is 0 Å². The number of carbonyl (C=O) groups is 1. The highest BCUT2D eigenvalue weighted by molar-refractivity contribution is 8.01. The zero-order valence-corrected chi connectivity index (χ0v) is 12.8. The lowest BCUT2D eigenvalue weighted by molar-refractivity contribution is -0.123. The first-order valence-electron chi connectivity index (χ1n) is 7.14. The number of hydrogen-bond donors (Lipinski definition) is 1. The average Bonchev–Trinajstić information content (AvgIpc) is 2.84. The molecule has 1 aliphatic carbocycles. The Hall–Kier alpha value is 0.110. The molecule has 1 aliphatic heterocycles. The normalized spacial score (nSPS) is 36.6. The van der Waals surface area contributed by atoms with E-state index in [1.165, 1.54) is 32.1 Å². The number of amides is 1. The predicted molar refractivity (Wildman–Crippen MR) is 79.3 cm³/mol. The van der Waals surface area contributed by atoms with E-state index < -0.39 is 0 Å². The molecule has 2 aliphatic rings. The topological polar surface area (TPSA) is 29.1 Å². The van der Waals surface area contributed by atoms with Crippen molar-refractivity contribution in [2.75, 3.05) is 18.2 Å². The van der Waals surface area contributed by atoms with E-state index in [0.29, 0.717) is 11.8 Å². The summed E-state index contributed by atoms with van der Waals surface area (Å²) in [5.41, 5.74) is 0. The Bertz CT molecular complexity index is 292. The summed E-state index contributed by atoms with van der Waals surface area (Å²) in [4.78, 5) is 12.2. The van der Waals surface area contributed by atoms with Gasteiger partial charge in [0.05, 0.1) is 4.75 Å². The van der Waals surface area contributed by atoms with Gasteiger partial charge in [-0.15, -0.1) is 23.4 Å². The van der Waals surface area contributed by atoms with Gasteiger partial charge in [0.2, 0.25) is 5.91 Å². The average molecular weight is 290 g/mol. The molecule has 1 heterocycles. The summed E-state index contributed by atoms with van der Waals surface area (Å²) >= 11 is 7.84. The maximum Gasteiger partial charge on any atom is 0.235 e. The molecule has 104 valence electrons. The minimum atomic E-state index is -0.175. The first kappa shape index (κ1) is 14.5. The van der Waals surface area contributed by atoms with Crippen molar-refractivity contribution in [3.63, 3.8) is 0 Å². The quantitative estimate of drug-likeness (QED) is 0.804. The zero-order valence-electron chi connectivity index (χ0n) is 11.2. The highest BCUT2D eigenvalue weighted by Crippen LogP contribution is 2.38. The summed E-state index contributed by atoms with van der Waals surface area (Å²) in [6.45, 7) is 2.91. The molecule has 2 fully saturated rings. The Balaban J connectivity index is 1.81. The molecule has 2 rings (SSSR count). The van der Waals surface area contributed by atoms with Gasteiger partial charge in [-0.1, -0.05) is 12.8 Å².